The van der Waals surface area contributed by atoms with E-state index in [9.17, 15) is 8.42 Å². The molecule has 0 amide bonds. The van der Waals surface area contributed by atoms with Crippen LogP contribution in [0.3, 0.4) is 0 Å². The maximum absolute atomic E-state index is 12.1. The smallest absolute Gasteiger partial charge is 0.225 e. The summed E-state index contributed by atoms with van der Waals surface area (Å²) in [6.07, 6.45) is 2.96. The van der Waals surface area contributed by atoms with Crippen molar-refractivity contribution in [2.75, 3.05) is 0 Å². The molecule has 88 valence electrons. The predicted octanol–water partition coefficient (Wildman–Crippen LogP) is 2.22. The zero-order valence-electron chi connectivity index (χ0n) is 8.96. The van der Waals surface area contributed by atoms with Gasteiger partial charge in [0, 0.05) is 16.0 Å². The zero-order chi connectivity index (χ0) is 12.5. The van der Waals surface area contributed by atoms with Crippen molar-refractivity contribution >= 4 is 32.4 Å². The Morgan fingerprint density at radius 3 is 2.12 bits per heavy atom. The van der Waals surface area contributed by atoms with Crippen molar-refractivity contribution in [1.29, 1.82) is 0 Å². The molecule has 2 rings (SSSR count). The second-order valence-electron chi connectivity index (χ2n) is 3.50. The first kappa shape index (κ1) is 12.4. The highest BCUT2D eigenvalue weighted by Gasteiger charge is 2.20. The van der Waals surface area contributed by atoms with Gasteiger partial charge in [0.05, 0.1) is 4.90 Å². The molecule has 0 bridgehead atoms. The van der Waals surface area contributed by atoms with E-state index in [4.69, 9.17) is 0 Å². The molecule has 4 nitrogen and oxygen atoms in total. The second kappa shape index (κ2) is 4.69. The summed E-state index contributed by atoms with van der Waals surface area (Å²) in [4.78, 5) is 7.90. The highest BCUT2D eigenvalue weighted by molar-refractivity contribution is 14.1. The molecule has 0 aliphatic rings. The monoisotopic (exact) mass is 360 g/mol. The molecule has 0 N–H and O–H groups in total. The fourth-order valence-corrected chi connectivity index (χ4v) is 2.63. The van der Waals surface area contributed by atoms with Crippen LogP contribution in [0.1, 0.15) is 5.56 Å². The van der Waals surface area contributed by atoms with Crippen LogP contribution in [0, 0.1) is 10.5 Å². The van der Waals surface area contributed by atoms with Crippen LogP contribution in [0.5, 0.6) is 0 Å². The average molecular weight is 360 g/mol. The van der Waals surface area contributed by atoms with Crippen molar-refractivity contribution in [1.82, 2.24) is 9.97 Å². The number of hydrogen-bond acceptors (Lipinski definition) is 4. The van der Waals surface area contributed by atoms with E-state index in [0.717, 1.165) is 9.13 Å². The number of benzene rings is 1. The third kappa shape index (κ3) is 2.63. The van der Waals surface area contributed by atoms with Gasteiger partial charge in [0.25, 0.3) is 5.16 Å². The Balaban J connectivity index is 2.50. The molecular weight excluding hydrogens is 351 g/mol. The maximum Gasteiger partial charge on any atom is 0.252 e. The molecule has 1 heterocycles. The molecule has 6 heteroatoms. The quantitative estimate of drug-likeness (QED) is 0.609. The lowest BCUT2D eigenvalue weighted by Gasteiger charge is -2.03. The van der Waals surface area contributed by atoms with Crippen LogP contribution in [-0.2, 0) is 9.84 Å². The molecule has 0 fully saturated rings. The summed E-state index contributed by atoms with van der Waals surface area (Å²) < 4.78 is 25.1. The van der Waals surface area contributed by atoms with Crippen molar-refractivity contribution in [3.63, 3.8) is 0 Å². The average Bonchev–Trinajstić information content (AvgIpc) is 2.30. The van der Waals surface area contributed by atoms with E-state index in [2.05, 4.69) is 9.97 Å². The summed E-state index contributed by atoms with van der Waals surface area (Å²) in [5, 5.41) is -0.165. The number of rotatable bonds is 2. The molecule has 0 aliphatic heterocycles. The molecule has 0 unspecified atom stereocenters. The first-order chi connectivity index (χ1) is 8.00. The number of sulfone groups is 1. The lowest BCUT2D eigenvalue weighted by molar-refractivity contribution is 0.586. The Morgan fingerprint density at radius 2 is 1.59 bits per heavy atom. The highest BCUT2D eigenvalue weighted by atomic mass is 127. The van der Waals surface area contributed by atoms with Gasteiger partial charge in [0.15, 0.2) is 0 Å². The molecule has 17 heavy (non-hydrogen) atoms. The minimum Gasteiger partial charge on any atom is -0.225 e. The van der Waals surface area contributed by atoms with E-state index in [1.54, 1.807) is 24.3 Å². The van der Waals surface area contributed by atoms with Crippen LogP contribution < -0.4 is 0 Å². The predicted molar refractivity (Wildman–Crippen MR) is 71.4 cm³/mol. The summed E-state index contributed by atoms with van der Waals surface area (Å²) in [7, 11) is -3.60. The van der Waals surface area contributed by atoms with Gasteiger partial charge in [-0.15, -0.1) is 0 Å². The van der Waals surface area contributed by atoms with Crippen LogP contribution in [-0.4, -0.2) is 18.4 Å². The molecule has 0 saturated heterocycles. The summed E-state index contributed by atoms with van der Waals surface area (Å²) >= 11 is 2.02. The molecule has 0 radical (unpaired) electrons. The van der Waals surface area contributed by atoms with E-state index in [0.29, 0.717) is 0 Å². The van der Waals surface area contributed by atoms with Crippen LogP contribution in [0.25, 0.3) is 0 Å². The third-order valence-electron chi connectivity index (χ3n) is 2.17. The molecule has 0 atom stereocenters. The van der Waals surface area contributed by atoms with Crippen LogP contribution in [0.2, 0.25) is 0 Å². The topological polar surface area (TPSA) is 59.9 Å². The van der Waals surface area contributed by atoms with Crippen molar-refractivity contribution in [3.8, 4) is 0 Å². The largest absolute Gasteiger partial charge is 0.252 e. The minimum absolute atomic E-state index is 0.165. The molecule has 0 saturated carbocycles. The molecule has 1 aromatic carbocycles. The van der Waals surface area contributed by atoms with Gasteiger partial charge in [-0.1, -0.05) is 17.7 Å². The van der Waals surface area contributed by atoms with Gasteiger partial charge in [-0.05, 0) is 41.6 Å². The summed E-state index contributed by atoms with van der Waals surface area (Å²) in [6, 6.07) is 6.62. The van der Waals surface area contributed by atoms with E-state index in [-0.39, 0.29) is 10.1 Å². The summed E-state index contributed by atoms with van der Waals surface area (Å²) in [5.41, 5.74) is 1.01. The second-order valence-corrected chi connectivity index (χ2v) is 6.59. The number of aromatic nitrogens is 2. The van der Waals surface area contributed by atoms with Gasteiger partial charge in [0.1, 0.15) is 0 Å². The number of hydrogen-bond donors (Lipinski definition) is 0. The lowest BCUT2D eigenvalue weighted by atomic mass is 10.2. The minimum atomic E-state index is -3.60. The van der Waals surface area contributed by atoms with Crippen molar-refractivity contribution in [3.05, 3.63) is 45.8 Å². The fraction of sp³-hybridized carbons (Fsp3) is 0.0909. The van der Waals surface area contributed by atoms with E-state index >= 15 is 0 Å². The van der Waals surface area contributed by atoms with E-state index < -0.39 is 9.84 Å². The highest BCUT2D eigenvalue weighted by Crippen LogP contribution is 2.17. The Hall–Kier alpha value is -1.02. The zero-order valence-corrected chi connectivity index (χ0v) is 11.9. The molecule has 1 aromatic heterocycles. The maximum atomic E-state index is 12.1. The number of aryl methyl sites for hydroxylation is 1. The van der Waals surface area contributed by atoms with Gasteiger partial charge in [-0.3, -0.25) is 0 Å². The molecular formula is C11H9IN2O2S. The molecule has 0 aliphatic carbocycles. The fourth-order valence-electron chi connectivity index (χ4n) is 1.26. The number of halogens is 1. The van der Waals surface area contributed by atoms with Gasteiger partial charge in [-0.25, -0.2) is 18.4 Å². The first-order valence-corrected chi connectivity index (χ1v) is 7.35. The van der Waals surface area contributed by atoms with Crippen molar-refractivity contribution in [2.45, 2.75) is 17.0 Å². The molecule has 2 aromatic rings. The lowest BCUT2D eigenvalue weighted by Crippen LogP contribution is -2.07. The third-order valence-corrected chi connectivity index (χ3v) is 4.31. The Morgan fingerprint density at radius 1 is 1.06 bits per heavy atom. The standard InChI is InChI=1S/C11H9IN2O2S/c1-8-2-4-10(5-3-8)17(15,16)11-13-6-9(12)7-14-11/h2-7H,1H3. The Bertz CT molecular complexity index is 570. The normalized spacial score (nSPS) is 11.4. The van der Waals surface area contributed by atoms with Crippen LogP contribution in [0.15, 0.2) is 46.7 Å². The van der Waals surface area contributed by atoms with Gasteiger partial charge in [-0.2, -0.15) is 0 Å². The van der Waals surface area contributed by atoms with Crippen LogP contribution in [0.4, 0.5) is 0 Å². The Labute approximate surface area is 113 Å². The first-order valence-electron chi connectivity index (χ1n) is 4.79. The van der Waals surface area contributed by atoms with E-state index in [1.807, 2.05) is 29.5 Å². The number of nitrogens with zero attached hydrogens (tertiary/aromatic N) is 2. The summed E-state index contributed by atoms with van der Waals surface area (Å²) in [5.74, 6) is 0. The van der Waals surface area contributed by atoms with Crippen molar-refractivity contribution in [2.24, 2.45) is 0 Å². The molecule has 0 spiro atoms. The Kier molecular flexibility index (Phi) is 3.43. The van der Waals surface area contributed by atoms with Crippen molar-refractivity contribution < 1.29 is 8.42 Å². The van der Waals surface area contributed by atoms with Gasteiger partial charge >= 0.3 is 0 Å². The van der Waals surface area contributed by atoms with Gasteiger partial charge < -0.3 is 0 Å². The van der Waals surface area contributed by atoms with Gasteiger partial charge in [0.2, 0.25) is 9.84 Å². The SMILES string of the molecule is Cc1ccc(S(=O)(=O)c2ncc(I)cn2)cc1. The van der Waals surface area contributed by atoms with E-state index in [1.165, 1.54) is 12.4 Å². The summed E-state index contributed by atoms with van der Waals surface area (Å²) in [6.45, 7) is 1.90. The van der Waals surface area contributed by atoms with Crippen LogP contribution >= 0.6 is 22.6 Å².